The number of hydrogen-bond acceptors (Lipinski definition) is 4. The van der Waals surface area contributed by atoms with Crippen LogP contribution in [-0.2, 0) is 16.6 Å². The van der Waals surface area contributed by atoms with Gasteiger partial charge in [0.15, 0.2) is 5.82 Å². The van der Waals surface area contributed by atoms with Crippen molar-refractivity contribution in [3.8, 4) is 0 Å². The Morgan fingerprint density at radius 3 is 2.55 bits per heavy atom. The molecule has 0 spiro atoms. The molecule has 2 heterocycles. The third kappa shape index (κ3) is 5.38. The van der Waals surface area contributed by atoms with Gasteiger partial charge in [0, 0.05) is 25.4 Å². The summed E-state index contributed by atoms with van der Waals surface area (Å²) in [5.41, 5.74) is 0.681. The number of aromatic nitrogens is 2. The lowest BCUT2D eigenvalue weighted by Gasteiger charge is -2.26. The SMILES string of the molecule is O=C(Nc1ccn(Cc2cccc(F)c2)n1)c1cc(S(=O)(=O)N2CCCCC2)c(Cl)cc1Cl. The second kappa shape index (κ2) is 9.80. The number of anilines is 1. The average molecular weight is 511 g/mol. The number of nitrogens with one attached hydrogen (secondary N) is 1. The summed E-state index contributed by atoms with van der Waals surface area (Å²) in [6.07, 6.45) is 4.16. The van der Waals surface area contributed by atoms with Crippen LogP contribution in [0.2, 0.25) is 10.0 Å². The van der Waals surface area contributed by atoms with Gasteiger partial charge in [0.25, 0.3) is 5.91 Å². The van der Waals surface area contributed by atoms with Gasteiger partial charge >= 0.3 is 0 Å². The predicted octanol–water partition coefficient (Wildman–Crippen LogP) is 4.80. The maximum absolute atomic E-state index is 13.4. The summed E-state index contributed by atoms with van der Waals surface area (Å²) in [4.78, 5) is 12.7. The molecule has 0 radical (unpaired) electrons. The van der Waals surface area contributed by atoms with E-state index in [1.165, 1.54) is 28.6 Å². The fraction of sp³-hybridized carbons (Fsp3) is 0.273. The number of sulfonamides is 1. The van der Waals surface area contributed by atoms with Gasteiger partial charge in [-0.05, 0) is 42.7 Å². The van der Waals surface area contributed by atoms with E-state index < -0.39 is 15.9 Å². The molecule has 11 heteroatoms. The molecule has 7 nitrogen and oxygen atoms in total. The summed E-state index contributed by atoms with van der Waals surface area (Å²) >= 11 is 12.4. The van der Waals surface area contributed by atoms with E-state index in [-0.39, 0.29) is 32.1 Å². The van der Waals surface area contributed by atoms with Gasteiger partial charge in [-0.1, -0.05) is 41.8 Å². The Balaban J connectivity index is 1.54. The number of carbonyl (C=O) groups is 1. The van der Waals surface area contributed by atoms with Crippen molar-refractivity contribution in [2.45, 2.75) is 30.7 Å². The van der Waals surface area contributed by atoms with Crippen LogP contribution < -0.4 is 5.32 Å². The normalized spacial score (nSPS) is 14.9. The lowest BCUT2D eigenvalue weighted by molar-refractivity contribution is 0.102. The molecule has 1 fully saturated rings. The van der Waals surface area contributed by atoms with Crippen molar-refractivity contribution in [2.75, 3.05) is 18.4 Å². The Bertz CT molecular complexity index is 1290. The molecular weight excluding hydrogens is 490 g/mol. The Morgan fingerprint density at radius 2 is 1.82 bits per heavy atom. The molecule has 0 saturated carbocycles. The average Bonchev–Trinajstić information content (AvgIpc) is 3.20. The number of halogens is 3. The van der Waals surface area contributed by atoms with Crippen LogP contribution in [0.15, 0.2) is 53.6 Å². The second-order valence-corrected chi connectivity index (χ2v) is 10.4. The number of amides is 1. The summed E-state index contributed by atoms with van der Waals surface area (Å²) < 4.78 is 42.5. The molecule has 4 rings (SSSR count). The van der Waals surface area contributed by atoms with Gasteiger partial charge in [0.05, 0.1) is 22.2 Å². The van der Waals surface area contributed by atoms with E-state index in [0.29, 0.717) is 25.2 Å². The molecule has 0 bridgehead atoms. The summed E-state index contributed by atoms with van der Waals surface area (Å²) in [6.45, 7) is 1.13. The molecule has 3 aromatic rings. The standard InChI is InChI=1S/C22H21Cl2FN4O3S/c23-18-13-19(24)20(33(31,32)29-8-2-1-3-9-29)12-17(18)22(30)26-21-7-10-28(27-21)14-15-5-4-6-16(25)11-15/h4-7,10-13H,1-3,8-9,14H2,(H,26,27,30). The highest BCUT2D eigenvalue weighted by Gasteiger charge is 2.30. The molecule has 2 aromatic carbocycles. The lowest BCUT2D eigenvalue weighted by atomic mass is 10.2. The van der Waals surface area contributed by atoms with E-state index in [1.807, 2.05) is 0 Å². The van der Waals surface area contributed by atoms with Gasteiger partial charge in [-0.2, -0.15) is 9.40 Å². The highest BCUT2D eigenvalue weighted by molar-refractivity contribution is 7.89. The van der Waals surface area contributed by atoms with Crippen molar-refractivity contribution in [1.29, 1.82) is 0 Å². The quantitative estimate of drug-likeness (QED) is 0.515. The smallest absolute Gasteiger partial charge is 0.258 e. The zero-order chi connectivity index (χ0) is 23.6. The van der Waals surface area contributed by atoms with Crippen molar-refractivity contribution >= 4 is 45.0 Å². The van der Waals surface area contributed by atoms with Crippen molar-refractivity contribution in [2.24, 2.45) is 0 Å². The monoisotopic (exact) mass is 510 g/mol. The third-order valence-corrected chi connectivity index (χ3v) is 7.99. The third-order valence-electron chi connectivity index (χ3n) is 5.31. The van der Waals surface area contributed by atoms with Gasteiger partial charge < -0.3 is 5.32 Å². The first kappa shape index (κ1) is 23.7. The van der Waals surface area contributed by atoms with Crippen molar-refractivity contribution in [1.82, 2.24) is 14.1 Å². The fourth-order valence-electron chi connectivity index (χ4n) is 3.67. The molecule has 0 atom stereocenters. The first-order valence-corrected chi connectivity index (χ1v) is 12.5. The molecule has 174 valence electrons. The molecule has 1 aliphatic heterocycles. The minimum absolute atomic E-state index is 0.0225. The molecule has 1 saturated heterocycles. The molecule has 0 unspecified atom stereocenters. The number of benzene rings is 2. The van der Waals surface area contributed by atoms with Gasteiger partial charge in [-0.15, -0.1) is 0 Å². The summed E-state index contributed by atoms with van der Waals surface area (Å²) in [5, 5.41) is 6.85. The van der Waals surface area contributed by atoms with E-state index in [0.717, 1.165) is 19.3 Å². The number of carbonyl (C=O) groups excluding carboxylic acids is 1. The van der Waals surface area contributed by atoms with Crippen LogP contribution in [0.3, 0.4) is 0 Å². The van der Waals surface area contributed by atoms with Crippen LogP contribution in [0, 0.1) is 5.82 Å². The number of nitrogens with zero attached hydrogens (tertiary/aromatic N) is 3. The first-order chi connectivity index (χ1) is 15.7. The fourth-order valence-corrected chi connectivity index (χ4v) is 6.02. The highest BCUT2D eigenvalue weighted by atomic mass is 35.5. The van der Waals surface area contributed by atoms with Gasteiger partial charge in [0.1, 0.15) is 10.7 Å². The molecule has 1 aliphatic rings. The largest absolute Gasteiger partial charge is 0.305 e. The predicted molar refractivity (Wildman–Crippen MR) is 125 cm³/mol. The van der Waals surface area contributed by atoms with E-state index in [1.54, 1.807) is 29.1 Å². The molecular formula is C22H21Cl2FN4O3S. The lowest BCUT2D eigenvalue weighted by Crippen LogP contribution is -2.35. The molecule has 1 amide bonds. The first-order valence-electron chi connectivity index (χ1n) is 10.3. The number of piperidine rings is 1. The maximum Gasteiger partial charge on any atom is 0.258 e. The summed E-state index contributed by atoms with van der Waals surface area (Å²) in [6, 6.07) is 10.2. The van der Waals surface area contributed by atoms with Gasteiger partial charge in [-0.3, -0.25) is 9.48 Å². The maximum atomic E-state index is 13.4. The van der Waals surface area contributed by atoms with Crippen LogP contribution in [0.25, 0.3) is 0 Å². The number of rotatable bonds is 6. The molecule has 33 heavy (non-hydrogen) atoms. The second-order valence-electron chi connectivity index (χ2n) is 7.71. The molecule has 0 aliphatic carbocycles. The van der Waals surface area contributed by atoms with Crippen LogP contribution >= 0.6 is 23.2 Å². The van der Waals surface area contributed by atoms with Crippen molar-refractivity contribution in [3.05, 3.63) is 75.7 Å². The van der Waals surface area contributed by atoms with E-state index >= 15 is 0 Å². The highest BCUT2D eigenvalue weighted by Crippen LogP contribution is 2.32. The van der Waals surface area contributed by atoms with E-state index in [2.05, 4.69) is 10.4 Å². The van der Waals surface area contributed by atoms with Crippen LogP contribution in [0.4, 0.5) is 10.2 Å². The van der Waals surface area contributed by atoms with Crippen molar-refractivity contribution in [3.63, 3.8) is 0 Å². The molecule has 1 aromatic heterocycles. The van der Waals surface area contributed by atoms with E-state index in [4.69, 9.17) is 23.2 Å². The zero-order valence-corrected chi connectivity index (χ0v) is 19.8. The zero-order valence-electron chi connectivity index (χ0n) is 17.5. The van der Waals surface area contributed by atoms with E-state index in [9.17, 15) is 17.6 Å². The van der Waals surface area contributed by atoms with Crippen LogP contribution in [0.5, 0.6) is 0 Å². The Hall–Kier alpha value is -2.46. The Labute approximate surface area is 201 Å². The van der Waals surface area contributed by atoms with Crippen molar-refractivity contribution < 1.29 is 17.6 Å². The topological polar surface area (TPSA) is 84.3 Å². The summed E-state index contributed by atoms with van der Waals surface area (Å²) in [7, 11) is -3.86. The Kier molecular flexibility index (Phi) is 7.04. The Morgan fingerprint density at radius 1 is 1.06 bits per heavy atom. The number of hydrogen-bond donors (Lipinski definition) is 1. The van der Waals surface area contributed by atoms with Crippen LogP contribution in [-0.4, -0.2) is 41.5 Å². The van der Waals surface area contributed by atoms with Crippen LogP contribution in [0.1, 0.15) is 35.2 Å². The summed E-state index contributed by atoms with van der Waals surface area (Å²) in [5.74, 6) is -0.730. The minimum atomic E-state index is -3.86. The minimum Gasteiger partial charge on any atom is -0.305 e. The van der Waals surface area contributed by atoms with Gasteiger partial charge in [0.2, 0.25) is 10.0 Å². The molecule has 1 N–H and O–H groups in total. The van der Waals surface area contributed by atoms with Gasteiger partial charge in [-0.25, -0.2) is 12.8 Å².